The average Bonchev–Trinajstić information content (AvgIpc) is 2.27. The van der Waals surface area contributed by atoms with Crippen LogP contribution in [0.2, 0.25) is 19.6 Å². The van der Waals surface area contributed by atoms with Gasteiger partial charge in [-0.1, -0.05) is 37.3 Å². The Morgan fingerprint density at radius 1 is 1.18 bits per heavy atom. The molecule has 0 saturated heterocycles. The van der Waals surface area contributed by atoms with E-state index in [1.165, 1.54) is 5.56 Å². The molecule has 1 aromatic carbocycles. The van der Waals surface area contributed by atoms with Gasteiger partial charge in [-0.25, -0.2) is 0 Å². The van der Waals surface area contributed by atoms with E-state index < -0.39 is 8.32 Å². The summed E-state index contributed by atoms with van der Waals surface area (Å²) in [6.07, 6.45) is 2.04. The van der Waals surface area contributed by atoms with E-state index in [0.29, 0.717) is 11.9 Å². The minimum absolute atomic E-state index is 0.294. The molecule has 1 unspecified atom stereocenters. The number of allylic oxidation sites excluding steroid dienone is 1. The van der Waals surface area contributed by atoms with Crippen LogP contribution in [0.3, 0.4) is 0 Å². The molecule has 0 spiro atoms. The first-order chi connectivity index (χ1) is 7.92. The van der Waals surface area contributed by atoms with Crippen molar-refractivity contribution >= 4 is 8.32 Å². The zero-order chi connectivity index (χ0) is 12.9. The summed E-state index contributed by atoms with van der Waals surface area (Å²) < 4.78 is 11.1. The summed E-state index contributed by atoms with van der Waals surface area (Å²) >= 11 is 0. The Morgan fingerprint density at radius 3 is 2.24 bits per heavy atom. The number of hydrogen-bond donors (Lipinski definition) is 0. The second-order valence-electron chi connectivity index (χ2n) is 5.10. The zero-order valence-corrected chi connectivity index (χ0v) is 12.4. The molecule has 2 nitrogen and oxygen atoms in total. The molecule has 0 aliphatic heterocycles. The number of benzene rings is 1. The van der Waals surface area contributed by atoms with Gasteiger partial charge in [0.05, 0.1) is 7.11 Å². The summed E-state index contributed by atoms with van der Waals surface area (Å²) in [5, 5.41) is 0. The van der Waals surface area contributed by atoms with Crippen LogP contribution in [0.1, 0.15) is 18.4 Å². The number of hydrogen-bond acceptors (Lipinski definition) is 2. The molecule has 1 aromatic rings. The maximum Gasteiger partial charge on any atom is 0.261 e. The minimum Gasteiger partial charge on any atom is -0.520 e. The van der Waals surface area contributed by atoms with E-state index >= 15 is 0 Å². The Morgan fingerprint density at radius 2 is 1.76 bits per heavy atom. The average molecular weight is 250 g/mol. The van der Waals surface area contributed by atoms with Crippen LogP contribution in [0.25, 0.3) is 0 Å². The lowest BCUT2D eigenvalue weighted by molar-refractivity contribution is 0.145. The second-order valence-corrected chi connectivity index (χ2v) is 9.53. The van der Waals surface area contributed by atoms with Gasteiger partial charge in [0.2, 0.25) is 8.32 Å². The van der Waals surface area contributed by atoms with E-state index in [1.807, 2.05) is 24.3 Å². The molecule has 0 heterocycles. The van der Waals surface area contributed by atoms with E-state index in [1.54, 1.807) is 7.11 Å². The highest BCUT2D eigenvalue weighted by molar-refractivity contribution is 6.69. The SMILES string of the molecule is CO/C(=C/C(C)c1ccccc1)O[Si](C)(C)C. The van der Waals surface area contributed by atoms with Crippen LogP contribution in [0.5, 0.6) is 0 Å². The van der Waals surface area contributed by atoms with Crippen molar-refractivity contribution in [2.24, 2.45) is 0 Å². The molecule has 94 valence electrons. The van der Waals surface area contributed by atoms with Crippen LogP contribution in [-0.4, -0.2) is 15.4 Å². The lowest BCUT2D eigenvalue weighted by Crippen LogP contribution is -2.25. The molecule has 1 atom stereocenters. The van der Waals surface area contributed by atoms with Gasteiger partial charge in [-0.2, -0.15) is 0 Å². The quantitative estimate of drug-likeness (QED) is 0.578. The molecule has 0 amide bonds. The third-order valence-corrected chi connectivity index (χ3v) is 3.13. The van der Waals surface area contributed by atoms with Gasteiger partial charge in [0.1, 0.15) is 0 Å². The molecule has 3 heteroatoms. The maximum absolute atomic E-state index is 5.86. The van der Waals surface area contributed by atoms with Gasteiger partial charge in [-0.05, 0) is 25.2 Å². The van der Waals surface area contributed by atoms with Gasteiger partial charge >= 0.3 is 0 Å². The van der Waals surface area contributed by atoms with Crippen molar-refractivity contribution in [2.45, 2.75) is 32.5 Å². The lowest BCUT2D eigenvalue weighted by atomic mass is 10.0. The van der Waals surface area contributed by atoms with Crippen molar-refractivity contribution in [3.8, 4) is 0 Å². The van der Waals surface area contributed by atoms with Crippen molar-refractivity contribution in [1.29, 1.82) is 0 Å². The van der Waals surface area contributed by atoms with E-state index in [2.05, 4.69) is 38.7 Å². The van der Waals surface area contributed by atoms with E-state index in [0.717, 1.165) is 0 Å². The van der Waals surface area contributed by atoms with Gasteiger partial charge < -0.3 is 9.16 Å². The molecule has 0 radical (unpaired) electrons. The molecular formula is C14H22O2Si. The van der Waals surface area contributed by atoms with Gasteiger partial charge in [0.15, 0.2) is 0 Å². The van der Waals surface area contributed by atoms with Crippen molar-refractivity contribution < 1.29 is 9.16 Å². The van der Waals surface area contributed by atoms with Crippen LogP contribution < -0.4 is 0 Å². The first-order valence-corrected chi connectivity index (χ1v) is 9.33. The van der Waals surface area contributed by atoms with Gasteiger partial charge in [0.25, 0.3) is 5.95 Å². The molecular weight excluding hydrogens is 228 g/mol. The zero-order valence-electron chi connectivity index (χ0n) is 11.4. The third kappa shape index (κ3) is 5.09. The molecule has 0 aromatic heterocycles. The first kappa shape index (κ1) is 13.8. The maximum atomic E-state index is 5.86. The molecule has 0 aliphatic carbocycles. The van der Waals surface area contributed by atoms with Crippen LogP contribution in [0.4, 0.5) is 0 Å². The normalized spacial score (nSPS) is 14.3. The molecule has 17 heavy (non-hydrogen) atoms. The smallest absolute Gasteiger partial charge is 0.261 e. The van der Waals surface area contributed by atoms with E-state index in [-0.39, 0.29) is 0 Å². The van der Waals surface area contributed by atoms with Crippen molar-refractivity contribution in [3.63, 3.8) is 0 Å². The molecule has 0 saturated carbocycles. The Labute approximate surface area is 105 Å². The van der Waals surface area contributed by atoms with Gasteiger partial charge in [-0.3, -0.25) is 0 Å². The highest BCUT2D eigenvalue weighted by Crippen LogP contribution is 2.20. The highest BCUT2D eigenvalue weighted by Gasteiger charge is 2.18. The molecule has 0 fully saturated rings. The van der Waals surface area contributed by atoms with Crippen molar-refractivity contribution in [2.75, 3.05) is 7.11 Å². The first-order valence-electron chi connectivity index (χ1n) is 5.92. The van der Waals surface area contributed by atoms with Crippen molar-refractivity contribution in [3.05, 3.63) is 47.9 Å². The second kappa shape index (κ2) is 5.91. The topological polar surface area (TPSA) is 18.5 Å². The molecule has 1 rings (SSSR count). The Balaban J connectivity index is 2.78. The fourth-order valence-corrected chi connectivity index (χ4v) is 2.26. The van der Waals surface area contributed by atoms with Crippen LogP contribution in [0.15, 0.2) is 42.4 Å². The van der Waals surface area contributed by atoms with E-state index in [4.69, 9.17) is 9.16 Å². The number of methoxy groups -OCH3 is 1. The minimum atomic E-state index is -1.60. The predicted octanol–water partition coefficient (Wildman–Crippen LogP) is 4.13. The Hall–Kier alpha value is -1.22. The largest absolute Gasteiger partial charge is 0.520 e. The lowest BCUT2D eigenvalue weighted by Gasteiger charge is -2.21. The highest BCUT2D eigenvalue weighted by atomic mass is 28.4. The molecule has 0 N–H and O–H groups in total. The van der Waals surface area contributed by atoms with Gasteiger partial charge in [-0.15, -0.1) is 0 Å². The van der Waals surface area contributed by atoms with Crippen LogP contribution >= 0.6 is 0 Å². The van der Waals surface area contributed by atoms with Gasteiger partial charge in [0, 0.05) is 12.0 Å². The summed E-state index contributed by atoms with van der Waals surface area (Å²) in [6.45, 7) is 8.58. The molecule has 0 aliphatic rings. The predicted molar refractivity (Wildman–Crippen MR) is 74.4 cm³/mol. The van der Waals surface area contributed by atoms with Crippen LogP contribution in [0, 0.1) is 0 Å². The summed E-state index contributed by atoms with van der Waals surface area (Å²) in [5.74, 6) is 0.933. The molecule has 0 bridgehead atoms. The monoisotopic (exact) mass is 250 g/mol. The summed E-state index contributed by atoms with van der Waals surface area (Å²) in [7, 11) is 0.0541. The Bertz CT molecular complexity index is 366. The summed E-state index contributed by atoms with van der Waals surface area (Å²) in [5.41, 5.74) is 1.27. The fourth-order valence-electron chi connectivity index (χ4n) is 1.50. The van der Waals surface area contributed by atoms with Crippen molar-refractivity contribution in [1.82, 2.24) is 0 Å². The van der Waals surface area contributed by atoms with E-state index in [9.17, 15) is 0 Å². The fraction of sp³-hybridized carbons (Fsp3) is 0.429. The number of rotatable bonds is 5. The van der Waals surface area contributed by atoms with Crippen LogP contribution in [-0.2, 0) is 9.16 Å². The number of ether oxygens (including phenoxy) is 1. The summed E-state index contributed by atoms with van der Waals surface area (Å²) in [4.78, 5) is 0. The third-order valence-electron chi connectivity index (χ3n) is 2.32. The Kier molecular flexibility index (Phi) is 4.81. The summed E-state index contributed by atoms with van der Waals surface area (Å²) in [6, 6.07) is 10.3. The standard InChI is InChI=1S/C14H22O2Si/c1-12(13-9-7-6-8-10-13)11-14(15-2)16-17(3,4)5/h6-12H,1-5H3/b14-11-.